The highest BCUT2D eigenvalue weighted by molar-refractivity contribution is 5.59. The third-order valence-electron chi connectivity index (χ3n) is 2.19. The van der Waals surface area contributed by atoms with Crippen LogP contribution in [0, 0.1) is 38.6 Å². The second-order valence-electron chi connectivity index (χ2n) is 3.54. The van der Waals surface area contributed by atoms with Crippen LogP contribution in [0.3, 0.4) is 0 Å². The molecule has 1 N–H and O–H groups in total. The number of nitriles is 2. The zero-order chi connectivity index (χ0) is 16.2. The number of nitro benzene ring substituents is 1. The summed E-state index contributed by atoms with van der Waals surface area (Å²) in [6.07, 6.45) is -4.28. The molecule has 0 atom stereocenters. The topological polar surface area (TPSA) is 103 Å². The molecule has 1 aromatic rings. The standard InChI is InChI=1S/C11H4F4N4O2/c12-10-8(18-5-6(3-16)4-17)1-7(11(13,14)15)2-9(10)19(20)21/h1-2,5,18H. The van der Waals surface area contributed by atoms with E-state index < -0.39 is 39.4 Å². The number of nitro groups is 1. The van der Waals surface area contributed by atoms with Crippen molar-refractivity contribution >= 4 is 11.4 Å². The number of anilines is 1. The Hall–Kier alpha value is -3.14. The molecule has 0 radical (unpaired) electrons. The van der Waals surface area contributed by atoms with Crippen molar-refractivity contribution in [2.75, 3.05) is 5.32 Å². The molecule has 0 bridgehead atoms. The Morgan fingerprint density at radius 3 is 2.33 bits per heavy atom. The predicted molar refractivity (Wildman–Crippen MR) is 61.0 cm³/mol. The summed E-state index contributed by atoms with van der Waals surface area (Å²) in [4.78, 5) is 9.24. The number of rotatable bonds is 3. The quantitative estimate of drug-likeness (QED) is 0.400. The summed E-state index contributed by atoms with van der Waals surface area (Å²) in [5.74, 6) is -1.54. The molecule has 0 heterocycles. The van der Waals surface area contributed by atoms with Gasteiger partial charge in [-0.05, 0) is 6.07 Å². The van der Waals surface area contributed by atoms with Gasteiger partial charge in [0, 0.05) is 12.3 Å². The number of nitrogens with zero attached hydrogens (tertiary/aromatic N) is 3. The first-order chi connectivity index (χ1) is 9.70. The fourth-order valence-electron chi connectivity index (χ4n) is 1.25. The zero-order valence-corrected chi connectivity index (χ0v) is 9.90. The summed E-state index contributed by atoms with van der Waals surface area (Å²) in [7, 11) is 0. The molecule has 0 unspecified atom stereocenters. The number of alkyl halides is 3. The van der Waals surface area contributed by atoms with Crippen molar-refractivity contribution in [1.29, 1.82) is 10.5 Å². The van der Waals surface area contributed by atoms with E-state index in [9.17, 15) is 27.7 Å². The van der Waals surface area contributed by atoms with E-state index in [0.29, 0.717) is 12.3 Å². The van der Waals surface area contributed by atoms with Gasteiger partial charge in [-0.1, -0.05) is 0 Å². The first-order valence-corrected chi connectivity index (χ1v) is 5.02. The average molecular weight is 300 g/mol. The maximum absolute atomic E-state index is 13.7. The molecule has 108 valence electrons. The van der Waals surface area contributed by atoms with Gasteiger partial charge >= 0.3 is 11.9 Å². The Labute approximate surface area is 114 Å². The van der Waals surface area contributed by atoms with E-state index in [-0.39, 0.29) is 6.07 Å². The maximum Gasteiger partial charge on any atom is 0.416 e. The van der Waals surface area contributed by atoms with E-state index in [1.807, 2.05) is 5.32 Å². The summed E-state index contributed by atoms with van der Waals surface area (Å²) < 4.78 is 51.4. The molecular formula is C11H4F4N4O2. The van der Waals surface area contributed by atoms with Crippen LogP contribution in [0.25, 0.3) is 0 Å². The molecule has 0 saturated heterocycles. The third-order valence-corrected chi connectivity index (χ3v) is 2.19. The van der Waals surface area contributed by atoms with Crippen LogP contribution in [0.1, 0.15) is 5.56 Å². The molecule has 0 aromatic heterocycles. The highest BCUT2D eigenvalue weighted by atomic mass is 19.4. The molecular weight excluding hydrogens is 296 g/mol. The Morgan fingerprint density at radius 2 is 1.90 bits per heavy atom. The number of hydrogen-bond donors (Lipinski definition) is 1. The monoisotopic (exact) mass is 300 g/mol. The van der Waals surface area contributed by atoms with Crippen LogP contribution in [0.4, 0.5) is 28.9 Å². The lowest BCUT2D eigenvalue weighted by Crippen LogP contribution is -2.08. The van der Waals surface area contributed by atoms with Crippen LogP contribution < -0.4 is 5.32 Å². The third kappa shape index (κ3) is 3.67. The van der Waals surface area contributed by atoms with Gasteiger partial charge in [0.1, 0.15) is 17.7 Å². The summed E-state index contributed by atoms with van der Waals surface area (Å²) in [5, 5.41) is 29.4. The molecule has 10 heteroatoms. The SMILES string of the molecule is N#CC(C#N)=CNc1cc(C(F)(F)F)cc([N+](=O)[O-])c1F. The highest BCUT2D eigenvalue weighted by Crippen LogP contribution is 2.36. The lowest BCUT2D eigenvalue weighted by molar-refractivity contribution is -0.387. The minimum Gasteiger partial charge on any atom is -0.357 e. The summed E-state index contributed by atoms with van der Waals surface area (Å²) in [6, 6.07) is 3.12. The van der Waals surface area contributed by atoms with Gasteiger partial charge in [0.15, 0.2) is 0 Å². The van der Waals surface area contributed by atoms with Crippen molar-refractivity contribution in [2.45, 2.75) is 6.18 Å². The minimum absolute atomic E-state index is 0.0553. The molecule has 0 fully saturated rings. The Bertz CT molecular complexity index is 682. The van der Waals surface area contributed by atoms with Gasteiger partial charge in [0.2, 0.25) is 5.82 Å². The van der Waals surface area contributed by atoms with Gasteiger partial charge in [0.25, 0.3) is 0 Å². The molecule has 0 aliphatic heterocycles. The molecule has 0 amide bonds. The van der Waals surface area contributed by atoms with Crippen molar-refractivity contribution in [3.8, 4) is 12.1 Å². The molecule has 0 aliphatic carbocycles. The number of halogens is 4. The average Bonchev–Trinajstić information content (AvgIpc) is 2.39. The van der Waals surface area contributed by atoms with E-state index in [2.05, 4.69) is 0 Å². The fraction of sp³-hybridized carbons (Fsp3) is 0.0909. The lowest BCUT2D eigenvalue weighted by atomic mass is 10.1. The number of benzene rings is 1. The smallest absolute Gasteiger partial charge is 0.357 e. The van der Waals surface area contributed by atoms with E-state index in [0.717, 1.165) is 0 Å². The normalized spacial score (nSPS) is 10.2. The van der Waals surface area contributed by atoms with Crippen molar-refractivity contribution in [1.82, 2.24) is 0 Å². The van der Waals surface area contributed by atoms with Crippen LogP contribution in [-0.2, 0) is 6.18 Å². The van der Waals surface area contributed by atoms with E-state index in [4.69, 9.17) is 10.5 Å². The van der Waals surface area contributed by atoms with Gasteiger partial charge in [-0.15, -0.1) is 0 Å². The number of hydrogen-bond acceptors (Lipinski definition) is 5. The molecule has 0 saturated carbocycles. The van der Waals surface area contributed by atoms with Gasteiger partial charge in [-0.3, -0.25) is 10.1 Å². The Kier molecular flexibility index (Phi) is 4.46. The van der Waals surface area contributed by atoms with Crippen molar-refractivity contribution < 1.29 is 22.5 Å². The minimum atomic E-state index is -4.92. The molecule has 0 spiro atoms. The number of nitrogens with one attached hydrogen (secondary N) is 1. The van der Waals surface area contributed by atoms with Crippen LogP contribution in [-0.4, -0.2) is 4.92 Å². The first kappa shape index (κ1) is 15.9. The molecule has 1 rings (SSSR count). The highest BCUT2D eigenvalue weighted by Gasteiger charge is 2.34. The summed E-state index contributed by atoms with van der Waals surface area (Å²) in [5.41, 5.74) is -4.24. The van der Waals surface area contributed by atoms with Crippen molar-refractivity contribution in [3.05, 3.63) is 45.4 Å². The Morgan fingerprint density at radius 1 is 1.33 bits per heavy atom. The van der Waals surface area contributed by atoms with Gasteiger partial charge in [-0.2, -0.15) is 28.1 Å². The fourth-order valence-corrected chi connectivity index (χ4v) is 1.25. The van der Waals surface area contributed by atoms with Crippen LogP contribution >= 0.6 is 0 Å². The predicted octanol–water partition coefficient (Wildman–Crippen LogP) is 3.10. The zero-order valence-electron chi connectivity index (χ0n) is 9.90. The first-order valence-electron chi connectivity index (χ1n) is 5.02. The van der Waals surface area contributed by atoms with Gasteiger partial charge in [0.05, 0.1) is 16.2 Å². The van der Waals surface area contributed by atoms with Crippen LogP contribution in [0.5, 0.6) is 0 Å². The molecule has 21 heavy (non-hydrogen) atoms. The molecule has 6 nitrogen and oxygen atoms in total. The van der Waals surface area contributed by atoms with E-state index in [1.165, 1.54) is 12.1 Å². The second kappa shape index (κ2) is 5.88. The lowest BCUT2D eigenvalue weighted by Gasteiger charge is -2.10. The second-order valence-corrected chi connectivity index (χ2v) is 3.54. The molecule has 0 aliphatic rings. The summed E-state index contributed by atoms with van der Waals surface area (Å²) in [6.45, 7) is 0. The summed E-state index contributed by atoms with van der Waals surface area (Å²) >= 11 is 0. The Balaban J connectivity index is 3.42. The van der Waals surface area contributed by atoms with Gasteiger partial charge in [-0.25, -0.2) is 0 Å². The van der Waals surface area contributed by atoms with E-state index >= 15 is 0 Å². The maximum atomic E-state index is 13.7. The number of allylic oxidation sites excluding steroid dienone is 1. The molecule has 1 aromatic carbocycles. The van der Waals surface area contributed by atoms with Gasteiger partial charge < -0.3 is 5.32 Å². The van der Waals surface area contributed by atoms with Crippen LogP contribution in [0.2, 0.25) is 0 Å². The van der Waals surface area contributed by atoms with Crippen molar-refractivity contribution in [2.24, 2.45) is 0 Å². The van der Waals surface area contributed by atoms with Crippen molar-refractivity contribution in [3.63, 3.8) is 0 Å². The van der Waals surface area contributed by atoms with E-state index in [1.54, 1.807) is 0 Å². The van der Waals surface area contributed by atoms with Crippen LogP contribution in [0.15, 0.2) is 23.9 Å². The largest absolute Gasteiger partial charge is 0.416 e.